The van der Waals surface area contributed by atoms with Gasteiger partial charge in [0.05, 0.1) is 19.0 Å². The summed E-state index contributed by atoms with van der Waals surface area (Å²) in [4.78, 5) is 12.1. The molecule has 0 saturated heterocycles. The fraction of sp³-hybridized carbons (Fsp3) is 0.200. The minimum absolute atomic E-state index is 0.111. The minimum atomic E-state index is -3.55. The Kier molecular flexibility index (Phi) is 7.91. The lowest BCUT2D eigenvalue weighted by atomic mass is 10.2. The molecule has 0 saturated carbocycles. The molecular formula is C20H23N3O4S. The third-order valence-corrected chi connectivity index (χ3v) is 4.82. The van der Waals surface area contributed by atoms with Crippen LogP contribution in [0.2, 0.25) is 0 Å². The first-order valence-electron chi connectivity index (χ1n) is 8.53. The Bertz CT molecular complexity index is 927. The van der Waals surface area contributed by atoms with E-state index < -0.39 is 15.9 Å². The average molecular weight is 401 g/mol. The molecule has 0 unspecified atom stereocenters. The Morgan fingerprint density at radius 2 is 1.96 bits per heavy atom. The number of hydrogen-bond acceptors (Lipinski definition) is 5. The van der Waals surface area contributed by atoms with Crippen LogP contribution in [0.5, 0.6) is 5.75 Å². The van der Waals surface area contributed by atoms with Crippen LogP contribution in [0.3, 0.4) is 0 Å². The topological polar surface area (TPSA) is 88.1 Å². The van der Waals surface area contributed by atoms with Crippen LogP contribution in [-0.2, 0) is 21.4 Å². The van der Waals surface area contributed by atoms with Crippen LogP contribution >= 0.6 is 0 Å². The van der Waals surface area contributed by atoms with E-state index in [1.807, 2.05) is 18.2 Å². The van der Waals surface area contributed by atoms with E-state index >= 15 is 0 Å². The van der Waals surface area contributed by atoms with E-state index in [1.165, 1.54) is 6.21 Å². The fourth-order valence-electron chi connectivity index (χ4n) is 2.29. The van der Waals surface area contributed by atoms with E-state index in [9.17, 15) is 13.2 Å². The molecule has 0 aliphatic rings. The number of hydrazone groups is 1. The first-order valence-corrected chi connectivity index (χ1v) is 10.4. The summed E-state index contributed by atoms with van der Waals surface area (Å²) in [5.41, 5.74) is 3.87. The highest BCUT2D eigenvalue weighted by atomic mass is 32.2. The van der Waals surface area contributed by atoms with Crippen molar-refractivity contribution in [1.82, 2.24) is 9.73 Å². The smallest absolute Gasteiger partial charge is 0.255 e. The Morgan fingerprint density at radius 1 is 1.21 bits per heavy atom. The summed E-state index contributed by atoms with van der Waals surface area (Å²) in [6.07, 6.45) is 4.17. The summed E-state index contributed by atoms with van der Waals surface area (Å²) in [7, 11) is -3.55. The van der Waals surface area contributed by atoms with Crippen molar-refractivity contribution >= 4 is 22.1 Å². The molecule has 8 heteroatoms. The number of benzene rings is 2. The SMILES string of the molecule is C=CCOc1cccc(/C=N\NC(=O)CN(Cc2ccccc2)S(C)(=O)=O)c1. The molecule has 0 bridgehead atoms. The lowest BCUT2D eigenvalue weighted by molar-refractivity contribution is -0.121. The van der Waals surface area contributed by atoms with Gasteiger partial charge in [0.2, 0.25) is 10.0 Å². The van der Waals surface area contributed by atoms with Gasteiger partial charge < -0.3 is 4.74 Å². The molecule has 7 nitrogen and oxygen atoms in total. The number of nitrogens with zero attached hydrogens (tertiary/aromatic N) is 2. The largest absolute Gasteiger partial charge is 0.490 e. The number of amides is 1. The Balaban J connectivity index is 1.95. The van der Waals surface area contributed by atoms with Crippen molar-refractivity contribution in [3.05, 3.63) is 78.4 Å². The second-order valence-electron chi connectivity index (χ2n) is 5.98. The van der Waals surface area contributed by atoms with Crippen LogP contribution in [0.15, 0.2) is 72.4 Å². The summed E-state index contributed by atoms with van der Waals surface area (Å²) >= 11 is 0. The molecule has 28 heavy (non-hydrogen) atoms. The van der Waals surface area contributed by atoms with Crippen LogP contribution < -0.4 is 10.2 Å². The lowest BCUT2D eigenvalue weighted by Crippen LogP contribution is -2.38. The van der Waals surface area contributed by atoms with E-state index in [4.69, 9.17) is 4.74 Å². The van der Waals surface area contributed by atoms with E-state index in [0.717, 1.165) is 21.7 Å². The first kappa shape index (κ1) is 21.3. The van der Waals surface area contributed by atoms with Gasteiger partial charge in [0.25, 0.3) is 5.91 Å². The zero-order valence-corrected chi connectivity index (χ0v) is 16.4. The molecule has 1 N–H and O–H groups in total. The fourth-order valence-corrected chi connectivity index (χ4v) is 3.03. The lowest BCUT2D eigenvalue weighted by Gasteiger charge is -2.18. The third-order valence-electron chi connectivity index (χ3n) is 3.62. The maximum absolute atomic E-state index is 12.1. The van der Waals surface area contributed by atoms with Crippen molar-refractivity contribution in [3.8, 4) is 5.75 Å². The number of hydrogen-bond donors (Lipinski definition) is 1. The standard InChI is InChI=1S/C20H23N3O4S/c1-3-12-27-19-11-7-10-18(13-19)14-21-22-20(24)16-23(28(2,25)26)15-17-8-5-4-6-9-17/h3-11,13-14H,1,12,15-16H2,2H3,(H,22,24)/b21-14-. The van der Waals surface area contributed by atoms with Gasteiger partial charge in [0.15, 0.2) is 0 Å². The molecule has 0 aliphatic heterocycles. The summed E-state index contributed by atoms with van der Waals surface area (Å²) in [6.45, 7) is 3.76. The van der Waals surface area contributed by atoms with Crippen molar-refractivity contribution in [2.45, 2.75) is 6.54 Å². The van der Waals surface area contributed by atoms with E-state index in [2.05, 4.69) is 17.1 Å². The normalized spacial score (nSPS) is 11.5. The number of carbonyl (C=O) groups is 1. The average Bonchev–Trinajstić information content (AvgIpc) is 2.66. The molecule has 1 amide bonds. The molecule has 0 heterocycles. The maximum atomic E-state index is 12.1. The van der Waals surface area contributed by atoms with Gasteiger partial charge in [0, 0.05) is 6.54 Å². The number of sulfonamides is 1. The highest BCUT2D eigenvalue weighted by Crippen LogP contribution is 2.12. The van der Waals surface area contributed by atoms with Gasteiger partial charge in [-0.05, 0) is 23.3 Å². The van der Waals surface area contributed by atoms with E-state index in [0.29, 0.717) is 12.4 Å². The second-order valence-corrected chi connectivity index (χ2v) is 7.96. The number of carbonyl (C=O) groups excluding carboxylic acids is 1. The van der Waals surface area contributed by atoms with Crippen LogP contribution in [0.25, 0.3) is 0 Å². The Hall–Kier alpha value is -2.97. The van der Waals surface area contributed by atoms with Gasteiger partial charge in [-0.3, -0.25) is 4.79 Å². The van der Waals surface area contributed by atoms with Crippen LogP contribution in [0, 0.1) is 0 Å². The third kappa shape index (κ3) is 7.34. The molecule has 0 aliphatic carbocycles. The molecule has 148 valence electrons. The second kappa shape index (κ2) is 10.4. The van der Waals surface area contributed by atoms with Crippen LogP contribution in [-0.4, -0.2) is 44.3 Å². The molecular weight excluding hydrogens is 378 g/mol. The summed E-state index contributed by atoms with van der Waals surface area (Å²) < 4.78 is 30.5. The van der Waals surface area contributed by atoms with Crippen molar-refractivity contribution in [3.63, 3.8) is 0 Å². The van der Waals surface area contributed by atoms with Gasteiger partial charge in [-0.1, -0.05) is 55.1 Å². The zero-order chi connectivity index (χ0) is 20.4. The van der Waals surface area contributed by atoms with Gasteiger partial charge in [-0.2, -0.15) is 9.41 Å². The Morgan fingerprint density at radius 3 is 2.64 bits per heavy atom. The number of rotatable bonds is 10. The number of nitrogens with one attached hydrogen (secondary N) is 1. The monoisotopic (exact) mass is 401 g/mol. The van der Waals surface area contributed by atoms with E-state index in [-0.39, 0.29) is 13.1 Å². The van der Waals surface area contributed by atoms with Gasteiger partial charge in [-0.25, -0.2) is 13.8 Å². The first-order chi connectivity index (χ1) is 13.4. The quantitative estimate of drug-likeness (QED) is 0.375. The highest BCUT2D eigenvalue weighted by molar-refractivity contribution is 7.88. The van der Waals surface area contributed by atoms with Crippen LogP contribution in [0.4, 0.5) is 0 Å². The van der Waals surface area contributed by atoms with Gasteiger partial charge in [0.1, 0.15) is 12.4 Å². The maximum Gasteiger partial charge on any atom is 0.255 e. The van der Waals surface area contributed by atoms with E-state index in [1.54, 1.807) is 42.5 Å². The minimum Gasteiger partial charge on any atom is -0.490 e. The summed E-state index contributed by atoms with van der Waals surface area (Å²) in [5.74, 6) is 0.123. The number of ether oxygens (including phenoxy) is 1. The summed E-state index contributed by atoms with van der Waals surface area (Å²) in [6, 6.07) is 16.2. The van der Waals surface area contributed by atoms with Gasteiger partial charge >= 0.3 is 0 Å². The van der Waals surface area contributed by atoms with Crippen molar-refractivity contribution in [1.29, 1.82) is 0 Å². The molecule has 0 aromatic heterocycles. The molecule has 2 aromatic carbocycles. The molecule has 2 aromatic rings. The Labute approximate surface area is 165 Å². The predicted molar refractivity (Wildman–Crippen MR) is 110 cm³/mol. The van der Waals surface area contributed by atoms with Crippen LogP contribution in [0.1, 0.15) is 11.1 Å². The van der Waals surface area contributed by atoms with Crippen molar-refractivity contribution in [2.24, 2.45) is 5.10 Å². The molecule has 0 radical (unpaired) electrons. The summed E-state index contributed by atoms with van der Waals surface area (Å²) in [5, 5.41) is 3.88. The molecule has 0 spiro atoms. The molecule has 0 fully saturated rings. The predicted octanol–water partition coefficient (Wildman–Crippen LogP) is 2.16. The molecule has 2 rings (SSSR count). The van der Waals surface area contributed by atoms with Crippen molar-refractivity contribution in [2.75, 3.05) is 19.4 Å². The van der Waals surface area contributed by atoms with Crippen molar-refractivity contribution < 1.29 is 17.9 Å². The zero-order valence-electron chi connectivity index (χ0n) is 15.6. The van der Waals surface area contributed by atoms with Gasteiger partial charge in [-0.15, -0.1) is 0 Å². The highest BCUT2D eigenvalue weighted by Gasteiger charge is 2.20. The molecule has 0 atom stereocenters.